The van der Waals surface area contributed by atoms with Crippen molar-refractivity contribution in [1.82, 2.24) is 36.0 Å². The van der Waals surface area contributed by atoms with Gasteiger partial charge < -0.3 is 46.2 Å². The number of amides is 9. The number of unbranched alkanes of at least 4 members (excludes halogenated alkanes) is 3. The number of nitrogens with one attached hydrogen (secondary N) is 4. The number of fused-ring (bicyclic) bond motifs is 3. The summed E-state index contributed by atoms with van der Waals surface area (Å²) in [4.78, 5) is 145. The first kappa shape index (κ1) is 60.4. The largest absolute Gasteiger partial charge is 0.399 e. The van der Waals surface area contributed by atoms with Gasteiger partial charge in [-0.25, -0.2) is 0 Å². The average molecular weight is 1190 g/mol. The van der Waals surface area contributed by atoms with Gasteiger partial charge in [-0.05, 0) is 104 Å². The number of hydrogen-bond donors (Lipinski definition) is 7. The number of alkyl halides is 2. The third kappa shape index (κ3) is 13.9. The first-order chi connectivity index (χ1) is 40.2. The van der Waals surface area contributed by atoms with Crippen molar-refractivity contribution >= 4 is 82.2 Å². The van der Waals surface area contributed by atoms with Gasteiger partial charge in [0.2, 0.25) is 41.4 Å². The highest BCUT2D eigenvalue weighted by Gasteiger charge is 2.51. The van der Waals surface area contributed by atoms with Crippen LogP contribution in [0.3, 0.4) is 0 Å². The zero-order chi connectivity index (χ0) is 59.9. The molecule has 0 aliphatic carbocycles. The maximum Gasteiger partial charge on any atom is 0.399 e. The lowest BCUT2D eigenvalue weighted by atomic mass is 9.98. The molecule has 4 aliphatic heterocycles. The fourth-order valence-corrected chi connectivity index (χ4v) is 12.7. The second kappa shape index (κ2) is 26.2. The number of halogens is 2. The quantitative estimate of drug-likeness (QED) is 0.0222. The number of benzene rings is 4. The van der Waals surface area contributed by atoms with E-state index in [-0.39, 0.29) is 92.6 Å². The van der Waals surface area contributed by atoms with E-state index < -0.39 is 90.5 Å². The molecule has 24 heteroatoms. The number of primary amides is 1. The minimum absolute atomic E-state index is 0.0477. The van der Waals surface area contributed by atoms with Crippen molar-refractivity contribution in [2.45, 2.75) is 132 Å². The molecule has 5 aromatic rings. The lowest BCUT2D eigenvalue weighted by Gasteiger charge is -2.39. The van der Waals surface area contributed by atoms with E-state index in [0.717, 1.165) is 34.6 Å². The molecule has 6 atom stereocenters. The van der Waals surface area contributed by atoms with Gasteiger partial charge in [-0.1, -0.05) is 91.1 Å². The molecule has 8 N–H and O–H groups in total. The first-order valence-corrected chi connectivity index (χ1v) is 30.2. The van der Waals surface area contributed by atoms with Crippen LogP contribution in [0.2, 0.25) is 0 Å². The summed E-state index contributed by atoms with van der Waals surface area (Å²) in [5.74, 6) is 1.31. The van der Waals surface area contributed by atoms with Crippen LogP contribution in [0.4, 0.5) is 8.78 Å². The van der Waals surface area contributed by atoms with E-state index >= 15 is 4.79 Å². The average Bonchev–Trinajstić information content (AvgIpc) is 3.78. The molecular formula is C60H63F2N8O12PS. The van der Waals surface area contributed by atoms with Crippen molar-refractivity contribution in [3.8, 4) is 11.8 Å². The van der Waals surface area contributed by atoms with Crippen LogP contribution in [0.25, 0.3) is 10.1 Å². The lowest BCUT2D eigenvalue weighted by Crippen LogP contribution is -2.62. The van der Waals surface area contributed by atoms with Crippen LogP contribution in [0, 0.1) is 11.8 Å². The van der Waals surface area contributed by atoms with E-state index in [2.05, 4.69) is 33.1 Å². The van der Waals surface area contributed by atoms with Crippen LogP contribution < -0.4 is 27.0 Å². The van der Waals surface area contributed by atoms with Gasteiger partial charge in [-0.3, -0.25) is 53.0 Å². The zero-order valence-corrected chi connectivity index (χ0v) is 47.3. The smallest absolute Gasteiger partial charge is 0.370 e. The minimum Gasteiger partial charge on any atom is -0.370 e. The standard InChI is InChI=1S/C60H63F2N8O12PS/c61-60(62,83(80,81)82)40-21-26-49-39(32-40)33-50(84-49)57(77)66-46-35-68(53(73)20-11-3-1-2-8-15-37-18-12-19-42-43(37)34-69(58(42)78)47-25-28-52(72)67-55(47)75)30-29-41-22-24-48(70(41)59(46)79)56(76)64-44(23-27-51(63)71)54(74)65-45(38-16-9-5-10-17-38)31-36-13-6-4-7-14-36/h4-7,9-10,12-14,16-19,21,26,32-33,41,44-48H,1-3,11,20,22-25,27-31,34-35H2,(H2,63,71)(H,64,76)(H,65,74)(H,66,77)(H,67,72,75)(H2,80,81,82)/t41-,44+,45+,46+,47?,48+/m1/s1. The van der Waals surface area contributed by atoms with Gasteiger partial charge in [-0.2, -0.15) is 8.78 Å². The number of nitrogens with two attached hydrogens (primary N) is 1. The molecule has 4 aromatic carbocycles. The molecule has 20 nitrogen and oxygen atoms in total. The predicted octanol–water partition coefficient (Wildman–Crippen LogP) is 5.43. The molecule has 84 heavy (non-hydrogen) atoms. The summed E-state index contributed by atoms with van der Waals surface area (Å²) in [6.07, 6.45) is 3.29. The Bertz CT molecular complexity index is 3500. The zero-order valence-electron chi connectivity index (χ0n) is 45.6. The van der Waals surface area contributed by atoms with Crippen LogP contribution in [0.15, 0.2) is 103 Å². The molecule has 9 amide bonds. The van der Waals surface area contributed by atoms with Gasteiger partial charge in [0.25, 0.3) is 11.8 Å². The van der Waals surface area contributed by atoms with E-state index in [4.69, 9.17) is 5.73 Å². The van der Waals surface area contributed by atoms with Crippen molar-refractivity contribution in [1.29, 1.82) is 0 Å². The maximum atomic E-state index is 15.1. The van der Waals surface area contributed by atoms with E-state index in [1.807, 2.05) is 60.7 Å². The highest BCUT2D eigenvalue weighted by molar-refractivity contribution is 7.52. The van der Waals surface area contributed by atoms with Gasteiger partial charge in [-0.15, -0.1) is 11.3 Å². The Balaban J connectivity index is 0.886. The highest BCUT2D eigenvalue weighted by atomic mass is 32.1. The summed E-state index contributed by atoms with van der Waals surface area (Å²) in [6, 6.07) is 22.3. The van der Waals surface area contributed by atoms with Crippen molar-refractivity contribution in [2.24, 2.45) is 5.73 Å². The SMILES string of the molecule is NC(=O)CC[C@H](NC(=O)[C@@H]1CC[C@@H]2CCN(C(=O)CCCCCC#Cc3cccc4c3CN(C3CCC(=O)NC3=O)C4=O)C[C@H](NC(=O)c3cc4cc(C(F)(F)P(=O)(O)O)ccc4s3)C(=O)N21)C(=O)N[C@@H](Cc1ccccc1)c1ccccc1. The van der Waals surface area contributed by atoms with E-state index in [0.29, 0.717) is 59.9 Å². The summed E-state index contributed by atoms with van der Waals surface area (Å²) >= 11 is 0.872. The van der Waals surface area contributed by atoms with Crippen LogP contribution in [0.5, 0.6) is 0 Å². The Hall–Kier alpha value is -8.16. The molecule has 5 heterocycles. The number of carbonyl (C=O) groups excluding carboxylic acids is 9. The van der Waals surface area contributed by atoms with Crippen LogP contribution >= 0.6 is 18.9 Å². The second-order valence-corrected chi connectivity index (χ2v) is 24.2. The summed E-state index contributed by atoms with van der Waals surface area (Å²) in [7, 11) is -5.92. The molecule has 0 spiro atoms. The predicted molar refractivity (Wildman–Crippen MR) is 304 cm³/mol. The van der Waals surface area contributed by atoms with Gasteiger partial charge >= 0.3 is 13.3 Å². The normalized spacial score (nSPS) is 19.7. The monoisotopic (exact) mass is 1190 g/mol. The Morgan fingerprint density at radius 1 is 0.857 bits per heavy atom. The fourth-order valence-electron chi connectivity index (χ4n) is 11.3. The first-order valence-electron chi connectivity index (χ1n) is 27.8. The molecule has 440 valence electrons. The molecule has 9 rings (SSSR count). The summed E-state index contributed by atoms with van der Waals surface area (Å²) in [5, 5.41) is 11.0. The Kier molecular flexibility index (Phi) is 18.8. The Morgan fingerprint density at radius 3 is 2.33 bits per heavy atom. The second-order valence-electron chi connectivity index (χ2n) is 21.4. The summed E-state index contributed by atoms with van der Waals surface area (Å²) in [6.45, 7) is 0.00340. The van der Waals surface area contributed by atoms with Crippen LogP contribution in [-0.4, -0.2) is 121 Å². The maximum absolute atomic E-state index is 15.1. The van der Waals surface area contributed by atoms with Crippen molar-refractivity contribution in [2.75, 3.05) is 13.1 Å². The third-order valence-corrected chi connectivity index (χ3v) is 17.8. The molecule has 4 aliphatic rings. The molecule has 1 unspecified atom stereocenters. The van der Waals surface area contributed by atoms with E-state index in [1.165, 1.54) is 26.8 Å². The molecule has 3 saturated heterocycles. The van der Waals surface area contributed by atoms with Gasteiger partial charge in [0.15, 0.2) is 0 Å². The fraction of sp³-hybridized carbons (Fsp3) is 0.383. The summed E-state index contributed by atoms with van der Waals surface area (Å²) < 4.78 is 41.5. The molecule has 3 fully saturated rings. The third-order valence-electron chi connectivity index (χ3n) is 15.7. The number of piperidine rings is 1. The van der Waals surface area contributed by atoms with Crippen LogP contribution in [0.1, 0.15) is 131 Å². The highest BCUT2D eigenvalue weighted by Crippen LogP contribution is 2.59. The van der Waals surface area contributed by atoms with Crippen molar-refractivity contribution in [3.63, 3.8) is 0 Å². The summed E-state index contributed by atoms with van der Waals surface area (Å²) in [5.41, 5.74) is 3.58. The Labute approximate surface area is 486 Å². The molecule has 0 radical (unpaired) electrons. The lowest BCUT2D eigenvalue weighted by molar-refractivity contribution is -0.145. The van der Waals surface area contributed by atoms with Crippen LogP contribution in [-0.2, 0) is 56.8 Å². The van der Waals surface area contributed by atoms with Crippen molar-refractivity contribution < 1.29 is 66.3 Å². The number of hydrogen-bond acceptors (Lipinski definition) is 11. The number of imide groups is 1. The number of nitrogens with zero attached hydrogens (tertiary/aromatic N) is 3. The van der Waals surface area contributed by atoms with Crippen molar-refractivity contribution in [3.05, 3.63) is 141 Å². The number of carbonyl (C=O) groups is 9. The van der Waals surface area contributed by atoms with E-state index in [9.17, 15) is 61.5 Å². The molecular weight excluding hydrogens is 1130 g/mol. The molecule has 1 aromatic heterocycles. The Morgan fingerprint density at radius 2 is 1.61 bits per heavy atom. The van der Waals surface area contributed by atoms with E-state index in [1.54, 1.807) is 18.2 Å². The van der Waals surface area contributed by atoms with Gasteiger partial charge in [0.1, 0.15) is 24.2 Å². The molecule has 0 saturated carbocycles. The number of thiophene rings is 1. The topological polar surface area (TPSA) is 295 Å². The van der Waals surface area contributed by atoms with Gasteiger partial charge in [0, 0.05) is 72.7 Å². The number of rotatable bonds is 20. The molecule has 0 bridgehead atoms. The van der Waals surface area contributed by atoms with Gasteiger partial charge in [0.05, 0.1) is 10.9 Å². The minimum atomic E-state index is -5.92.